The minimum Gasteiger partial charge on any atom is -0.265 e. The number of fused-ring (bicyclic) bond motifs is 1. The summed E-state index contributed by atoms with van der Waals surface area (Å²) in [7, 11) is 0. The molecule has 0 aliphatic rings. The molecule has 118 valence electrons. The highest BCUT2D eigenvalue weighted by Gasteiger charge is 2.23. The second kappa shape index (κ2) is 5.38. The predicted octanol–water partition coefficient (Wildman–Crippen LogP) is 1.60. The molecule has 0 aliphatic heterocycles. The van der Waals surface area contributed by atoms with Crippen LogP contribution in [0.3, 0.4) is 0 Å². The van der Waals surface area contributed by atoms with Crippen molar-refractivity contribution in [3.63, 3.8) is 0 Å². The summed E-state index contributed by atoms with van der Waals surface area (Å²) in [6, 6.07) is 5.78. The predicted molar refractivity (Wildman–Crippen MR) is 83.1 cm³/mol. The number of hydrogen-bond acceptors (Lipinski definition) is 5. The first-order valence-corrected chi connectivity index (χ1v) is 7.00. The maximum Gasteiger partial charge on any atom is 0.298 e. The minimum absolute atomic E-state index is 0.210. The Morgan fingerprint density at radius 2 is 1.91 bits per heavy atom. The van der Waals surface area contributed by atoms with Crippen LogP contribution in [0.2, 0.25) is 0 Å². The molecule has 7 nitrogen and oxygen atoms in total. The Morgan fingerprint density at radius 1 is 1.22 bits per heavy atom. The Kier molecular flexibility index (Phi) is 3.51. The number of rotatable bonds is 2. The molecule has 3 rings (SSSR count). The third kappa shape index (κ3) is 2.87. The molecule has 0 spiro atoms. The van der Waals surface area contributed by atoms with Gasteiger partial charge in [-0.05, 0) is 17.7 Å². The zero-order chi connectivity index (χ0) is 16.6. The van der Waals surface area contributed by atoms with Gasteiger partial charge in [0.2, 0.25) is 0 Å². The molecule has 23 heavy (non-hydrogen) atoms. The van der Waals surface area contributed by atoms with E-state index >= 15 is 0 Å². The first kappa shape index (κ1) is 15.0. The molecule has 1 aromatic carbocycles. The molecule has 0 fully saturated rings. The van der Waals surface area contributed by atoms with Gasteiger partial charge in [-0.3, -0.25) is 4.79 Å². The van der Waals surface area contributed by atoms with Gasteiger partial charge in [0.05, 0.1) is 6.21 Å². The van der Waals surface area contributed by atoms with Gasteiger partial charge in [-0.25, -0.2) is 4.39 Å². The van der Waals surface area contributed by atoms with Crippen molar-refractivity contribution in [2.75, 3.05) is 0 Å². The van der Waals surface area contributed by atoms with E-state index in [1.165, 1.54) is 29.2 Å². The molecule has 0 atom stereocenters. The molecule has 0 radical (unpaired) electrons. The highest BCUT2D eigenvalue weighted by Crippen LogP contribution is 2.16. The summed E-state index contributed by atoms with van der Waals surface area (Å²) in [6.45, 7) is 5.67. The summed E-state index contributed by atoms with van der Waals surface area (Å²) >= 11 is 0. The summed E-state index contributed by atoms with van der Waals surface area (Å²) < 4.78 is 15.5. The van der Waals surface area contributed by atoms with Crippen molar-refractivity contribution in [2.45, 2.75) is 26.2 Å². The van der Waals surface area contributed by atoms with Gasteiger partial charge in [-0.2, -0.15) is 19.4 Å². The zero-order valence-corrected chi connectivity index (χ0v) is 12.9. The van der Waals surface area contributed by atoms with Crippen molar-refractivity contribution >= 4 is 12.0 Å². The molecule has 0 amide bonds. The van der Waals surface area contributed by atoms with Gasteiger partial charge in [0.25, 0.3) is 11.3 Å². The Hall–Kier alpha value is -2.90. The van der Waals surface area contributed by atoms with Crippen LogP contribution in [0.25, 0.3) is 5.78 Å². The molecule has 8 heteroatoms. The third-order valence-corrected chi connectivity index (χ3v) is 3.21. The van der Waals surface area contributed by atoms with E-state index in [-0.39, 0.29) is 17.2 Å². The van der Waals surface area contributed by atoms with Gasteiger partial charge in [0.15, 0.2) is 0 Å². The van der Waals surface area contributed by atoms with Gasteiger partial charge in [-0.15, -0.1) is 10.2 Å². The number of halogens is 1. The Morgan fingerprint density at radius 3 is 2.57 bits per heavy atom. The smallest absolute Gasteiger partial charge is 0.265 e. The summed E-state index contributed by atoms with van der Waals surface area (Å²) in [4.78, 5) is 12.6. The Bertz CT molecular complexity index is 933. The molecule has 0 unspecified atom stereocenters. The van der Waals surface area contributed by atoms with E-state index in [2.05, 4.69) is 20.4 Å². The highest BCUT2D eigenvalue weighted by atomic mass is 19.1. The first-order chi connectivity index (χ1) is 10.9. The molecule has 3 aromatic rings. The van der Waals surface area contributed by atoms with E-state index in [1.807, 2.05) is 20.8 Å². The number of hydrogen-bond donors (Lipinski definition) is 0. The van der Waals surface area contributed by atoms with Gasteiger partial charge < -0.3 is 0 Å². The van der Waals surface area contributed by atoms with E-state index in [0.29, 0.717) is 11.3 Å². The molecular weight excluding hydrogens is 299 g/mol. The SMILES string of the molecule is CC(C)(C)c1nn2cnnc2n(N=Cc2ccc(F)cc2)c1=O. The lowest BCUT2D eigenvalue weighted by molar-refractivity contribution is 0.529. The van der Waals surface area contributed by atoms with Gasteiger partial charge in [0.1, 0.15) is 17.8 Å². The molecule has 0 N–H and O–H groups in total. The maximum absolute atomic E-state index is 12.9. The lowest BCUT2D eigenvalue weighted by Gasteiger charge is -2.16. The van der Waals surface area contributed by atoms with Gasteiger partial charge >= 0.3 is 0 Å². The normalized spacial score (nSPS) is 12.3. The zero-order valence-electron chi connectivity index (χ0n) is 12.9. The quantitative estimate of drug-likeness (QED) is 0.673. The van der Waals surface area contributed by atoms with Crippen molar-refractivity contribution in [2.24, 2.45) is 5.10 Å². The van der Waals surface area contributed by atoms with Crippen molar-refractivity contribution in [3.8, 4) is 0 Å². The van der Waals surface area contributed by atoms with Crippen molar-refractivity contribution in [1.82, 2.24) is 24.5 Å². The second-order valence-electron chi connectivity index (χ2n) is 6.09. The first-order valence-electron chi connectivity index (χ1n) is 7.00. The van der Waals surface area contributed by atoms with Crippen molar-refractivity contribution < 1.29 is 4.39 Å². The molecule has 2 aromatic heterocycles. The van der Waals surface area contributed by atoms with Crippen LogP contribution < -0.4 is 5.56 Å². The number of nitrogens with zero attached hydrogens (tertiary/aromatic N) is 6. The molecule has 0 bridgehead atoms. The molecule has 0 aliphatic carbocycles. The molecule has 0 saturated heterocycles. The fourth-order valence-corrected chi connectivity index (χ4v) is 2.02. The lowest BCUT2D eigenvalue weighted by atomic mass is 9.93. The Balaban J connectivity index is 2.16. The van der Waals surface area contributed by atoms with Gasteiger partial charge in [-0.1, -0.05) is 32.9 Å². The fraction of sp³-hybridized carbons (Fsp3) is 0.267. The van der Waals surface area contributed by atoms with Crippen LogP contribution in [0.5, 0.6) is 0 Å². The standard InChI is InChI=1S/C15H15FN6O/c1-15(2,3)12-13(23)22(14-19-17-9-21(14)20-12)18-8-10-4-6-11(16)7-5-10/h4-9H,1-3H3. The monoisotopic (exact) mass is 314 g/mol. The van der Waals surface area contributed by atoms with Crippen LogP contribution in [-0.2, 0) is 5.41 Å². The highest BCUT2D eigenvalue weighted by molar-refractivity contribution is 5.79. The molecule has 2 heterocycles. The van der Waals surface area contributed by atoms with Crippen molar-refractivity contribution in [3.05, 3.63) is 58.0 Å². The minimum atomic E-state index is -0.456. The topological polar surface area (TPSA) is 77.4 Å². The van der Waals surface area contributed by atoms with E-state index < -0.39 is 5.41 Å². The maximum atomic E-state index is 12.9. The number of benzene rings is 1. The number of aromatic nitrogens is 5. The van der Waals surface area contributed by atoms with E-state index in [9.17, 15) is 9.18 Å². The summed E-state index contributed by atoms with van der Waals surface area (Å²) in [5, 5.41) is 16.1. The van der Waals surface area contributed by atoms with Crippen molar-refractivity contribution in [1.29, 1.82) is 0 Å². The van der Waals surface area contributed by atoms with E-state index in [1.54, 1.807) is 12.1 Å². The van der Waals surface area contributed by atoms with Crippen LogP contribution in [0.15, 0.2) is 40.5 Å². The summed E-state index contributed by atoms with van der Waals surface area (Å²) in [5.41, 5.74) is 0.186. The van der Waals surface area contributed by atoms with Crippen LogP contribution in [0.1, 0.15) is 32.0 Å². The third-order valence-electron chi connectivity index (χ3n) is 3.21. The fourth-order valence-electron chi connectivity index (χ4n) is 2.02. The lowest BCUT2D eigenvalue weighted by Crippen LogP contribution is -2.33. The average Bonchev–Trinajstić information content (AvgIpc) is 2.94. The Labute approximate surface area is 131 Å². The molecular formula is C15H15FN6O. The van der Waals surface area contributed by atoms with Crippen LogP contribution in [0, 0.1) is 5.82 Å². The largest absolute Gasteiger partial charge is 0.298 e. The van der Waals surface area contributed by atoms with E-state index in [4.69, 9.17) is 0 Å². The van der Waals surface area contributed by atoms with Crippen LogP contribution >= 0.6 is 0 Å². The summed E-state index contributed by atoms with van der Waals surface area (Å²) in [5.74, 6) is -0.126. The summed E-state index contributed by atoms with van der Waals surface area (Å²) in [6.07, 6.45) is 2.87. The second-order valence-corrected chi connectivity index (χ2v) is 6.09. The van der Waals surface area contributed by atoms with Crippen LogP contribution in [0.4, 0.5) is 4.39 Å². The van der Waals surface area contributed by atoms with Gasteiger partial charge in [0, 0.05) is 5.41 Å². The van der Waals surface area contributed by atoms with E-state index in [0.717, 1.165) is 4.68 Å². The average molecular weight is 314 g/mol. The molecule has 0 saturated carbocycles. The van der Waals surface area contributed by atoms with Crippen LogP contribution in [-0.4, -0.2) is 30.7 Å².